The van der Waals surface area contributed by atoms with Crippen LogP contribution in [0.5, 0.6) is 5.75 Å². The van der Waals surface area contributed by atoms with Gasteiger partial charge in [-0.3, -0.25) is 4.79 Å². The Morgan fingerprint density at radius 3 is 2.69 bits per heavy atom. The van der Waals surface area contributed by atoms with Gasteiger partial charge in [-0.25, -0.2) is 4.79 Å². The van der Waals surface area contributed by atoms with Crippen LogP contribution in [0.3, 0.4) is 0 Å². The summed E-state index contributed by atoms with van der Waals surface area (Å²) in [5.74, 6) is 0.608. The summed E-state index contributed by atoms with van der Waals surface area (Å²) in [6, 6.07) is 14.5. The highest BCUT2D eigenvalue weighted by Gasteiger charge is 2.18. The van der Waals surface area contributed by atoms with Crippen LogP contribution in [-0.4, -0.2) is 19.0 Å². The van der Waals surface area contributed by atoms with Crippen LogP contribution >= 0.6 is 22.9 Å². The van der Waals surface area contributed by atoms with E-state index in [0.29, 0.717) is 21.3 Å². The first-order chi connectivity index (χ1) is 15.4. The smallest absolute Gasteiger partial charge is 0.349 e. The Bertz CT molecular complexity index is 1320. The Morgan fingerprint density at radius 1 is 1.09 bits per heavy atom. The maximum Gasteiger partial charge on any atom is 0.349 e. The van der Waals surface area contributed by atoms with Crippen molar-refractivity contribution in [3.8, 4) is 5.75 Å². The van der Waals surface area contributed by atoms with Crippen molar-refractivity contribution in [2.24, 2.45) is 0 Å². The number of fused-ring (bicyclic) bond motifs is 1. The SMILES string of the molecule is COC(=O)c1sc2cc(NC(=O)c3ccc(COc4cc(C)ccc4C)o3)ccc2c1Cl. The van der Waals surface area contributed by atoms with Gasteiger partial charge in [0, 0.05) is 15.8 Å². The summed E-state index contributed by atoms with van der Waals surface area (Å²) < 4.78 is 17.0. The highest BCUT2D eigenvalue weighted by molar-refractivity contribution is 7.21. The molecule has 0 bridgehead atoms. The third-order valence-corrected chi connectivity index (χ3v) is 6.49. The number of rotatable bonds is 6. The number of carbonyl (C=O) groups is 2. The predicted octanol–water partition coefficient (Wildman–Crippen LogP) is 6.38. The Labute approximate surface area is 193 Å². The largest absolute Gasteiger partial charge is 0.485 e. The number of furan rings is 1. The zero-order valence-electron chi connectivity index (χ0n) is 17.7. The monoisotopic (exact) mass is 469 g/mol. The third-order valence-electron chi connectivity index (χ3n) is 4.86. The Kier molecular flexibility index (Phi) is 6.21. The number of benzene rings is 2. The van der Waals surface area contributed by atoms with Gasteiger partial charge in [0.25, 0.3) is 5.91 Å². The van der Waals surface area contributed by atoms with Gasteiger partial charge >= 0.3 is 5.97 Å². The van der Waals surface area contributed by atoms with Crippen LogP contribution in [0.2, 0.25) is 5.02 Å². The average molecular weight is 470 g/mol. The molecule has 4 rings (SSSR count). The van der Waals surface area contributed by atoms with Crippen molar-refractivity contribution in [1.82, 2.24) is 0 Å². The molecule has 0 saturated heterocycles. The number of aryl methyl sites for hydroxylation is 2. The Balaban J connectivity index is 1.45. The number of anilines is 1. The molecule has 4 aromatic rings. The van der Waals surface area contributed by atoms with Crippen molar-refractivity contribution in [3.63, 3.8) is 0 Å². The fourth-order valence-electron chi connectivity index (χ4n) is 3.15. The summed E-state index contributed by atoms with van der Waals surface area (Å²) in [6.45, 7) is 4.19. The van der Waals surface area contributed by atoms with E-state index in [9.17, 15) is 9.59 Å². The molecule has 2 heterocycles. The molecule has 0 aliphatic carbocycles. The fourth-order valence-corrected chi connectivity index (χ4v) is 4.61. The minimum atomic E-state index is -0.493. The number of carbonyl (C=O) groups excluding carboxylic acids is 2. The fraction of sp³-hybridized carbons (Fsp3) is 0.167. The lowest BCUT2D eigenvalue weighted by Crippen LogP contribution is -2.10. The number of ether oxygens (including phenoxy) is 2. The summed E-state index contributed by atoms with van der Waals surface area (Å²) in [7, 11) is 1.30. The molecule has 0 radical (unpaired) electrons. The van der Waals surface area contributed by atoms with E-state index >= 15 is 0 Å². The lowest BCUT2D eigenvalue weighted by Gasteiger charge is -2.08. The molecule has 32 heavy (non-hydrogen) atoms. The summed E-state index contributed by atoms with van der Waals surface area (Å²) in [5.41, 5.74) is 2.69. The van der Waals surface area contributed by atoms with Gasteiger partial charge in [-0.05, 0) is 61.4 Å². The minimum Gasteiger partial charge on any atom is -0.485 e. The molecule has 1 N–H and O–H groups in total. The van der Waals surface area contributed by atoms with Crippen molar-refractivity contribution in [1.29, 1.82) is 0 Å². The molecule has 6 nitrogen and oxygen atoms in total. The molecule has 0 saturated carbocycles. The minimum absolute atomic E-state index is 0.170. The summed E-state index contributed by atoms with van der Waals surface area (Å²) in [6.07, 6.45) is 0. The van der Waals surface area contributed by atoms with Gasteiger partial charge in [-0.1, -0.05) is 23.7 Å². The average Bonchev–Trinajstić information content (AvgIpc) is 3.38. The summed E-state index contributed by atoms with van der Waals surface area (Å²) in [5, 5.41) is 3.86. The highest BCUT2D eigenvalue weighted by atomic mass is 35.5. The van der Waals surface area contributed by atoms with Crippen LogP contribution in [0, 0.1) is 13.8 Å². The van der Waals surface area contributed by atoms with Crippen LogP contribution in [0.25, 0.3) is 10.1 Å². The molecule has 8 heteroatoms. The first-order valence-electron chi connectivity index (χ1n) is 9.76. The van der Waals surface area contributed by atoms with Crippen LogP contribution in [0.15, 0.2) is 52.9 Å². The van der Waals surface area contributed by atoms with Crippen molar-refractivity contribution in [2.45, 2.75) is 20.5 Å². The van der Waals surface area contributed by atoms with Crippen LogP contribution in [-0.2, 0) is 11.3 Å². The van der Waals surface area contributed by atoms with E-state index in [1.54, 1.807) is 30.3 Å². The molecule has 2 aromatic carbocycles. The molecular weight excluding hydrogens is 450 g/mol. The van der Waals surface area contributed by atoms with E-state index in [2.05, 4.69) is 5.32 Å². The lowest BCUT2D eigenvalue weighted by atomic mass is 10.1. The molecular formula is C24H20ClNO5S. The van der Waals surface area contributed by atoms with Crippen LogP contribution in [0.1, 0.15) is 37.1 Å². The Morgan fingerprint density at radius 2 is 1.91 bits per heavy atom. The number of hydrogen-bond acceptors (Lipinski definition) is 6. The third kappa shape index (κ3) is 4.49. The molecule has 164 valence electrons. The molecule has 2 aromatic heterocycles. The van der Waals surface area contributed by atoms with Gasteiger partial charge in [0.2, 0.25) is 0 Å². The van der Waals surface area contributed by atoms with Gasteiger partial charge < -0.3 is 19.2 Å². The summed E-state index contributed by atoms with van der Waals surface area (Å²) in [4.78, 5) is 24.8. The molecule has 0 aliphatic rings. The van der Waals surface area contributed by atoms with Crippen LogP contribution < -0.4 is 10.1 Å². The lowest BCUT2D eigenvalue weighted by molar-refractivity contribution is 0.0606. The van der Waals surface area contributed by atoms with E-state index in [0.717, 1.165) is 27.0 Å². The summed E-state index contributed by atoms with van der Waals surface area (Å²) >= 11 is 7.48. The number of amides is 1. The number of methoxy groups -OCH3 is 1. The quantitative estimate of drug-likeness (QED) is 0.331. The van der Waals surface area contributed by atoms with E-state index in [1.807, 2.05) is 32.0 Å². The first-order valence-corrected chi connectivity index (χ1v) is 11.0. The molecule has 0 fully saturated rings. The topological polar surface area (TPSA) is 77.8 Å². The highest BCUT2D eigenvalue weighted by Crippen LogP contribution is 2.37. The van der Waals surface area contributed by atoms with Crippen molar-refractivity contribution < 1.29 is 23.5 Å². The maximum absolute atomic E-state index is 12.6. The van der Waals surface area contributed by atoms with E-state index in [4.69, 9.17) is 25.5 Å². The van der Waals surface area contributed by atoms with Crippen molar-refractivity contribution >= 4 is 50.6 Å². The number of hydrogen-bond donors (Lipinski definition) is 1. The molecule has 0 unspecified atom stereocenters. The van der Waals surface area contributed by atoms with E-state index < -0.39 is 11.9 Å². The van der Waals surface area contributed by atoms with Gasteiger partial charge in [0.15, 0.2) is 5.76 Å². The van der Waals surface area contributed by atoms with E-state index in [1.165, 1.54) is 18.4 Å². The molecule has 1 amide bonds. The zero-order valence-corrected chi connectivity index (χ0v) is 19.2. The number of nitrogens with one attached hydrogen (secondary N) is 1. The predicted molar refractivity (Wildman–Crippen MR) is 125 cm³/mol. The Hall–Kier alpha value is -3.29. The van der Waals surface area contributed by atoms with Gasteiger partial charge in [-0.15, -0.1) is 11.3 Å². The number of esters is 1. The van der Waals surface area contributed by atoms with Gasteiger partial charge in [0.05, 0.1) is 12.1 Å². The van der Waals surface area contributed by atoms with E-state index in [-0.39, 0.29) is 12.4 Å². The van der Waals surface area contributed by atoms with Gasteiger partial charge in [0.1, 0.15) is 23.0 Å². The standard InChI is InChI=1S/C24H20ClNO5S/c1-13-4-5-14(2)19(10-13)30-12-16-7-9-18(31-16)23(27)26-15-6-8-17-20(11-15)32-22(21(17)25)24(28)29-3/h4-11H,12H2,1-3H3,(H,26,27). The zero-order chi connectivity index (χ0) is 22.8. The normalized spacial score (nSPS) is 10.9. The second-order valence-corrected chi connectivity index (χ2v) is 8.66. The van der Waals surface area contributed by atoms with Crippen molar-refractivity contribution in [3.05, 3.63) is 81.1 Å². The maximum atomic E-state index is 12.6. The molecule has 0 atom stereocenters. The van der Waals surface area contributed by atoms with Crippen molar-refractivity contribution in [2.75, 3.05) is 12.4 Å². The van der Waals surface area contributed by atoms with Gasteiger partial charge in [-0.2, -0.15) is 0 Å². The molecule has 0 aliphatic heterocycles. The number of halogens is 1. The second kappa shape index (κ2) is 9.06. The van der Waals surface area contributed by atoms with Crippen LogP contribution in [0.4, 0.5) is 5.69 Å². The first kappa shape index (κ1) is 21.9. The number of thiophene rings is 1. The molecule has 0 spiro atoms. The second-order valence-electron chi connectivity index (χ2n) is 7.23.